The Balaban J connectivity index is 2.75. The molecule has 1 aromatic heterocycles. The van der Waals surface area contributed by atoms with E-state index in [1.54, 1.807) is 0 Å². The molecular weight excluding hydrogens is 246 g/mol. The Labute approximate surface area is 109 Å². The van der Waals surface area contributed by atoms with Gasteiger partial charge in [0.1, 0.15) is 16.8 Å². The molecule has 0 aliphatic rings. The van der Waals surface area contributed by atoms with Crippen LogP contribution in [0.4, 0.5) is 0 Å². The predicted molar refractivity (Wildman–Crippen MR) is 73.8 cm³/mol. The highest BCUT2D eigenvalue weighted by Gasteiger charge is 2.08. The second-order valence-corrected chi connectivity index (χ2v) is 4.05. The molecule has 1 heterocycles. The summed E-state index contributed by atoms with van der Waals surface area (Å²) >= 11 is 4.77. The van der Waals surface area contributed by atoms with Crippen LogP contribution in [0.5, 0.6) is 5.75 Å². The first kappa shape index (κ1) is 12.0. The van der Waals surface area contributed by atoms with Gasteiger partial charge in [-0.15, -0.1) is 0 Å². The van der Waals surface area contributed by atoms with Crippen molar-refractivity contribution in [3.8, 4) is 11.8 Å². The third kappa shape index (κ3) is 2.14. The van der Waals surface area contributed by atoms with Crippen LogP contribution in [0.1, 0.15) is 5.56 Å². The lowest BCUT2D eigenvalue weighted by Gasteiger charge is -2.05. The minimum atomic E-state index is -0.0160. The van der Waals surface area contributed by atoms with Gasteiger partial charge in [0.2, 0.25) is 0 Å². The molecule has 0 saturated heterocycles. The van der Waals surface area contributed by atoms with Gasteiger partial charge in [0, 0.05) is 10.9 Å². The van der Waals surface area contributed by atoms with Crippen molar-refractivity contribution in [1.29, 1.82) is 5.26 Å². The van der Waals surface area contributed by atoms with Crippen molar-refractivity contribution in [2.75, 3.05) is 0 Å². The Morgan fingerprint density at radius 3 is 2.83 bits per heavy atom. The van der Waals surface area contributed by atoms with Crippen molar-refractivity contribution >= 4 is 34.2 Å². The largest absolute Gasteiger partial charge is 0.506 e. The number of nitrogens with two attached hydrogens (primary N) is 1. The number of aromatic nitrogens is 1. The molecule has 0 atom stereocenters. The highest BCUT2D eigenvalue weighted by Crippen LogP contribution is 2.27. The van der Waals surface area contributed by atoms with E-state index in [2.05, 4.69) is 4.98 Å². The molecule has 0 fully saturated rings. The van der Waals surface area contributed by atoms with Crippen molar-refractivity contribution in [2.24, 2.45) is 5.73 Å². The monoisotopic (exact) mass is 255 g/mol. The maximum atomic E-state index is 9.83. The van der Waals surface area contributed by atoms with E-state index >= 15 is 0 Å². The van der Waals surface area contributed by atoms with Gasteiger partial charge in [0.05, 0.1) is 17.3 Å². The molecule has 0 saturated carbocycles. The highest BCUT2D eigenvalue weighted by molar-refractivity contribution is 7.80. The molecule has 1 aromatic carbocycles. The number of hydrogen-bond donors (Lipinski definition) is 2. The standard InChI is InChI=1S/C13H9N3OS/c14-6-8(13(15)18)5-10-9-3-1-2-4-11(9)16-7-12(10)17/h1-5,7,17H,(H2,15,18)/b8-5-. The summed E-state index contributed by atoms with van der Waals surface area (Å²) in [6.45, 7) is 0. The van der Waals surface area contributed by atoms with Gasteiger partial charge in [-0.1, -0.05) is 30.4 Å². The minimum Gasteiger partial charge on any atom is -0.506 e. The summed E-state index contributed by atoms with van der Waals surface area (Å²) in [5, 5.41) is 19.5. The first-order chi connectivity index (χ1) is 8.63. The molecule has 0 aliphatic carbocycles. The van der Waals surface area contributed by atoms with Crippen LogP contribution < -0.4 is 5.73 Å². The number of aromatic hydroxyl groups is 1. The van der Waals surface area contributed by atoms with E-state index in [0.717, 1.165) is 10.9 Å². The minimum absolute atomic E-state index is 0.00204. The fourth-order valence-corrected chi connectivity index (χ4v) is 1.71. The first-order valence-corrected chi connectivity index (χ1v) is 5.52. The zero-order valence-electron chi connectivity index (χ0n) is 9.29. The second-order valence-electron chi connectivity index (χ2n) is 3.61. The number of fused-ring (bicyclic) bond motifs is 1. The van der Waals surface area contributed by atoms with Gasteiger partial charge in [-0.25, -0.2) is 0 Å². The molecule has 0 spiro atoms. The van der Waals surface area contributed by atoms with Crippen molar-refractivity contribution in [1.82, 2.24) is 4.98 Å². The molecule has 0 aliphatic heterocycles. The van der Waals surface area contributed by atoms with Crippen LogP contribution in [0.3, 0.4) is 0 Å². The number of rotatable bonds is 2. The number of thiocarbonyl (C=S) groups is 1. The molecular formula is C13H9N3OS. The summed E-state index contributed by atoms with van der Waals surface area (Å²) < 4.78 is 0. The summed E-state index contributed by atoms with van der Waals surface area (Å²) in [5.74, 6) is -0.0160. The van der Waals surface area contributed by atoms with Crippen molar-refractivity contribution in [2.45, 2.75) is 0 Å². The van der Waals surface area contributed by atoms with Gasteiger partial charge < -0.3 is 10.8 Å². The van der Waals surface area contributed by atoms with Crippen LogP contribution >= 0.6 is 12.2 Å². The predicted octanol–water partition coefficient (Wildman–Crippen LogP) is 2.13. The van der Waals surface area contributed by atoms with Crippen LogP contribution in [-0.4, -0.2) is 15.1 Å². The van der Waals surface area contributed by atoms with Crippen LogP contribution in [0.15, 0.2) is 36.0 Å². The molecule has 18 heavy (non-hydrogen) atoms. The number of hydrogen-bond acceptors (Lipinski definition) is 4. The second kappa shape index (κ2) is 4.82. The van der Waals surface area contributed by atoms with E-state index in [0.29, 0.717) is 5.56 Å². The number of nitriles is 1. The summed E-state index contributed by atoms with van der Waals surface area (Å²) in [6, 6.07) is 9.20. The lowest BCUT2D eigenvalue weighted by atomic mass is 10.1. The highest BCUT2D eigenvalue weighted by atomic mass is 32.1. The maximum Gasteiger partial charge on any atom is 0.141 e. The van der Waals surface area contributed by atoms with Crippen molar-refractivity contribution in [3.63, 3.8) is 0 Å². The molecule has 4 nitrogen and oxygen atoms in total. The van der Waals surface area contributed by atoms with E-state index in [4.69, 9.17) is 23.2 Å². The van der Waals surface area contributed by atoms with Crippen LogP contribution in [0.25, 0.3) is 17.0 Å². The Kier molecular flexibility index (Phi) is 3.22. The summed E-state index contributed by atoms with van der Waals surface area (Å²) in [7, 11) is 0. The van der Waals surface area contributed by atoms with E-state index in [9.17, 15) is 5.11 Å². The topological polar surface area (TPSA) is 82.9 Å². The lowest BCUT2D eigenvalue weighted by Crippen LogP contribution is -2.09. The molecule has 0 radical (unpaired) electrons. The normalized spacial score (nSPS) is 11.2. The summed E-state index contributed by atoms with van der Waals surface area (Å²) in [5.41, 5.74) is 6.80. The zero-order chi connectivity index (χ0) is 13.1. The summed E-state index contributed by atoms with van der Waals surface area (Å²) in [6.07, 6.45) is 2.81. The van der Waals surface area contributed by atoms with Gasteiger partial charge in [-0.3, -0.25) is 4.98 Å². The van der Waals surface area contributed by atoms with E-state index in [1.807, 2.05) is 30.3 Å². The molecule has 2 aromatic rings. The van der Waals surface area contributed by atoms with Gasteiger partial charge in [-0.2, -0.15) is 5.26 Å². The fourth-order valence-electron chi connectivity index (χ4n) is 1.61. The third-order valence-corrected chi connectivity index (χ3v) is 2.69. The van der Waals surface area contributed by atoms with E-state index in [1.165, 1.54) is 12.3 Å². The molecule has 2 rings (SSSR count). The number of benzene rings is 1. The van der Waals surface area contributed by atoms with Gasteiger partial charge >= 0.3 is 0 Å². The number of pyridine rings is 1. The summed E-state index contributed by atoms with van der Waals surface area (Å²) in [4.78, 5) is 4.09. The molecule has 0 amide bonds. The van der Waals surface area contributed by atoms with Gasteiger partial charge in [-0.05, 0) is 12.1 Å². The average molecular weight is 255 g/mol. The van der Waals surface area contributed by atoms with Gasteiger partial charge in [0.15, 0.2) is 0 Å². The molecule has 0 unspecified atom stereocenters. The molecule has 3 N–H and O–H groups in total. The van der Waals surface area contributed by atoms with E-state index in [-0.39, 0.29) is 16.3 Å². The zero-order valence-corrected chi connectivity index (χ0v) is 10.1. The smallest absolute Gasteiger partial charge is 0.141 e. The van der Waals surface area contributed by atoms with E-state index < -0.39 is 0 Å². The number of nitrogens with zero attached hydrogens (tertiary/aromatic N) is 2. The Hall–Kier alpha value is -2.45. The van der Waals surface area contributed by atoms with Crippen LogP contribution in [0.2, 0.25) is 0 Å². The lowest BCUT2D eigenvalue weighted by molar-refractivity contribution is 0.472. The Bertz CT molecular complexity index is 701. The number of para-hydroxylation sites is 1. The average Bonchev–Trinajstić information content (AvgIpc) is 2.37. The molecule has 88 valence electrons. The van der Waals surface area contributed by atoms with Crippen LogP contribution in [0, 0.1) is 11.3 Å². The Morgan fingerprint density at radius 2 is 2.17 bits per heavy atom. The van der Waals surface area contributed by atoms with Gasteiger partial charge in [0.25, 0.3) is 0 Å². The quantitative estimate of drug-likeness (QED) is 0.488. The third-order valence-electron chi connectivity index (χ3n) is 2.47. The fraction of sp³-hybridized carbons (Fsp3) is 0. The van der Waals surface area contributed by atoms with Crippen LogP contribution in [-0.2, 0) is 0 Å². The molecule has 0 bridgehead atoms. The van der Waals surface area contributed by atoms with Crippen molar-refractivity contribution < 1.29 is 5.11 Å². The SMILES string of the molecule is N#C/C(=C/c1c(O)cnc2ccccc12)C(N)=S. The van der Waals surface area contributed by atoms with Crippen molar-refractivity contribution in [3.05, 3.63) is 41.6 Å². The first-order valence-electron chi connectivity index (χ1n) is 5.12. The maximum absolute atomic E-state index is 9.83. The Morgan fingerprint density at radius 1 is 1.44 bits per heavy atom. The molecule has 5 heteroatoms.